The molecule has 0 saturated carbocycles. The second-order valence-corrected chi connectivity index (χ2v) is 7.11. The lowest BCUT2D eigenvalue weighted by atomic mass is 10.1. The number of amides is 1. The topological polar surface area (TPSA) is 64.8 Å². The molecule has 0 bridgehead atoms. The van der Waals surface area contributed by atoms with E-state index in [0.717, 1.165) is 15.8 Å². The zero-order valence-corrected chi connectivity index (χ0v) is 15.3. The Bertz CT molecular complexity index is 975. The van der Waals surface area contributed by atoms with E-state index in [1.165, 1.54) is 23.2 Å². The van der Waals surface area contributed by atoms with E-state index in [-0.39, 0.29) is 18.2 Å². The lowest BCUT2D eigenvalue weighted by molar-refractivity contribution is -0.120. The molecular formula is C19H18N2O4S. The first-order chi connectivity index (χ1) is 12.6. The van der Waals surface area contributed by atoms with Gasteiger partial charge >= 0.3 is 0 Å². The van der Waals surface area contributed by atoms with Gasteiger partial charge in [0.15, 0.2) is 5.13 Å². The van der Waals surface area contributed by atoms with Gasteiger partial charge in [0.05, 0.1) is 23.0 Å². The average molecular weight is 370 g/mol. The van der Waals surface area contributed by atoms with Gasteiger partial charge in [-0.15, -0.1) is 0 Å². The van der Waals surface area contributed by atoms with E-state index in [9.17, 15) is 4.79 Å². The van der Waals surface area contributed by atoms with Crippen LogP contribution in [0.15, 0.2) is 47.0 Å². The van der Waals surface area contributed by atoms with Crippen molar-refractivity contribution in [3.8, 4) is 0 Å². The summed E-state index contributed by atoms with van der Waals surface area (Å²) in [4.78, 5) is 19.3. The molecule has 0 radical (unpaired) electrons. The van der Waals surface area contributed by atoms with Gasteiger partial charge in [0.1, 0.15) is 25.2 Å². The van der Waals surface area contributed by atoms with Gasteiger partial charge in [-0.3, -0.25) is 9.69 Å². The van der Waals surface area contributed by atoms with Gasteiger partial charge in [-0.25, -0.2) is 4.98 Å². The third kappa shape index (κ3) is 3.17. The van der Waals surface area contributed by atoms with E-state index in [1.807, 2.05) is 13.0 Å². The Labute approximate surface area is 154 Å². The molecule has 0 atom stereocenters. The van der Waals surface area contributed by atoms with Crippen LogP contribution in [-0.2, 0) is 20.8 Å². The molecule has 1 aliphatic heterocycles. The molecule has 1 aromatic carbocycles. The number of benzene rings is 1. The number of aromatic nitrogens is 1. The van der Waals surface area contributed by atoms with Crippen LogP contribution in [0.5, 0.6) is 0 Å². The fourth-order valence-corrected chi connectivity index (χ4v) is 4.01. The Balaban J connectivity index is 1.75. The predicted molar refractivity (Wildman–Crippen MR) is 99.0 cm³/mol. The lowest BCUT2D eigenvalue weighted by Crippen LogP contribution is -2.33. The van der Waals surface area contributed by atoms with Crippen LogP contribution in [0.3, 0.4) is 0 Å². The summed E-state index contributed by atoms with van der Waals surface area (Å²) in [6.45, 7) is 5.14. The molecule has 0 fully saturated rings. The lowest BCUT2D eigenvalue weighted by Gasteiger charge is -2.22. The normalized spacial score (nSPS) is 13.8. The number of thiazole rings is 1. The van der Waals surface area contributed by atoms with Crippen LogP contribution in [-0.4, -0.2) is 24.1 Å². The van der Waals surface area contributed by atoms with Crippen molar-refractivity contribution >= 4 is 32.6 Å². The molecule has 1 aliphatic rings. The van der Waals surface area contributed by atoms with Gasteiger partial charge in [0, 0.05) is 0 Å². The summed E-state index contributed by atoms with van der Waals surface area (Å²) >= 11 is 1.48. The van der Waals surface area contributed by atoms with Gasteiger partial charge in [0.25, 0.3) is 5.91 Å². The molecular weight excluding hydrogens is 352 g/mol. The van der Waals surface area contributed by atoms with Gasteiger partial charge < -0.3 is 13.9 Å². The largest absolute Gasteiger partial charge is 0.494 e. The third-order valence-corrected chi connectivity index (χ3v) is 5.07. The van der Waals surface area contributed by atoms with Crippen molar-refractivity contribution in [1.29, 1.82) is 0 Å². The fraction of sp³-hybridized carbons (Fsp3) is 0.263. The van der Waals surface area contributed by atoms with E-state index in [1.54, 1.807) is 17.2 Å². The predicted octanol–water partition coefficient (Wildman–Crippen LogP) is 3.93. The first kappa shape index (κ1) is 16.7. The van der Waals surface area contributed by atoms with Gasteiger partial charge in [-0.1, -0.05) is 17.4 Å². The fourth-order valence-electron chi connectivity index (χ4n) is 2.87. The van der Waals surface area contributed by atoms with Crippen LogP contribution in [0.4, 0.5) is 5.13 Å². The first-order valence-electron chi connectivity index (χ1n) is 8.28. The Morgan fingerprint density at radius 3 is 2.92 bits per heavy atom. The highest BCUT2D eigenvalue weighted by Gasteiger charge is 2.27. The van der Waals surface area contributed by atoms with Crippen LogP contribution in [0, 0.1) is 13.8 Å². The van der Waals surface area contributed by atoms with Crippen LogP contribution >= 0.6 is 11.3 Å². The Morgan fingerprint density at radius 2 is 2.19 bits per heavy atom. The molecule has 0 aliphatic carbocycles. The van der Waals surface area contributed by atoms with Crippen LogP contribution in [0.25, 0.3) is 10.2 Å². The Morgan fingerprint density at radius 1 is 1.31 bits per heavy atom. The number of anilines is 1. The number of ether oxygens (including phenoxy) is 2. The summed E-state index contributed by atoms with van der Waals surface area (Å²) in [6.07, 6.45) is 2.95. The Kier molecular flexibility index (Phi) is 4.38. The average Bonchev–Trinajstić information content (AvgIpc) is 3.29. The monoisotopic (exact) mass is 370 g/mol. The van der Waals surface area contributed by atoms with E-state index < -0.39 is 0 Å². The highest BCUT2D eigenvalue weighted by molar-refractivity contribution is 7.22. The van der Waals surface area contributed by atoms with E-state index in [4.69, 9.17) is 18.9 Å². The van der Waals surface area contributed by atoms with E-state index in [0.29, 0.717) is 24.1 Å². The summed E-state index contributed by atoms with van der Waals surface area (Å²) in [7, 11) is 0. The third-order valence-electron chi connectivity index (χ3n) is 4.05. The zero-order chi connectivity index (χ0) is 18.1. The molecule has 3 aromatic rings. The molecule has 7 heteroatoms. The van der Waals surface area contributed by atoms with Crippen molar-refractivity contribution in [3.63, 3.8) is 0 Å². The maximum absolute atomic E-state index is 13.0. The van der Waals surface area contributed by atoms with Crippen molar-refractivity contribution < 1.29 is 18.7 Å². The molecule has 134 valence electrons. The van der Waals surface area contributed by atoms with Crippen molar-refractivity contribution in [3.05, 3.63) is 59.4 Å². The van der Waals surface area contributed by atoms with E-state index in [2.05, 4.69) is 19.1 Å². The quantitative estimate of drug-likeness (QED) is 0.696. The van der Waals surface area contributed by atoms with Crippen molar-refractivity contribution in [2.75, 3.05) is 18.1 Å². The summed E-state index contributed by atoms with van der Waals surface area (Å²) in [6, 6.07) is 7.79. The van der Waals surface area contributed by atoms with Crippen LogP contribution < -0.4 is 4.90 Å². The minimum atomic E-state index is -0.297. The first-order valence-corrected chi connectivity index (χ1v) is 9.10. The number of fused-ring (bicyclic) bond motifs is 1. The highest BCUT2D eigenvalue weighted by Crippen LogP contribution is 2.33. The molecule has 26 heavy (non-hydrogen) atoms. The molecule has 0 N–H and O–H groups in total. The maximum atomic E-state index is 13.0. The number of furan rings is 1. The van der Waals surface area contributed by atoms with Gasteiger partial charge in [0.2, 0.25) is 5.76 Å². The number of nitrogens with zero attached hydrogens (tertiary/aromatic N) is 2. The summed E-state index contributed by atoms with van der Waals surface area (Å²) in [5, 5.41) is 0.602. The molecule has 3 heterocycles. The Hall–Kier alpha value is -2.80. The zero-order valence-electron chi connectivity index (χ0n) is 14.5. The number of hydrogen-bond acceptors (Lipinski definition) is 6. The molecule has 2 aromatic heterocycles. The molecule has 0 unspecified atom stereocenters. The number of hydrogen-bond donors (Lipinski definition) is 0. The molecule has 0 saturated heterocycles. The van der Waals surface area contributed by atoms with Crippen LogP contribution in [0.1, 0.15) is 16.9 Å². The number of carbonyl (C=O) groups excluding carboxylic acids is 1. The summed E-state index contributed by atoms with van der Waals surface area (Å²) in [5.74, 6) is 0.548. The minimum absolute atomic E-state index is 0.176. The second-order valence-electron chi connectivity index (χ2n) is 6.10. The number of carbonyl (C=O) groups is 1. The summed E-state index contributed by atoms with van der Waals surface area (Å²) < 4.78 is 17.2. The second kappa shape index (κ2) is 6.84. The van der Waals surface area contributed by atoms with Crippen molar-refractivity contribution in [2.24, 2.45) is 0 Å². The SMILES string of the molecule is Cc1cc(C)c2nc(N(Cc3ccco3)C(=O)C3=COCCO3)sc2c1. The smallest absolute Gasteiger partial charge is 0.298 e. The summed E-state index contributed by atoms with van der Waals surface area (Å²) in [5.41, 5.74) is 3.16. The van der Waals surface area contributed by atoms with Gasteiger partial charge in [-0.2, -0.15) is 0 Å². The molecule has 6 nitrogen and oxygen atoms in total. The molecule has 0 spiro atoms. The molecule has 4 rings (SSSR count). The minimum Gasteiger partial charge on any atom is -0.494 e. The highest BCUT2D eigenvalue weighted by atomic mass is 32.1. The van der Waals surface area contributed by atoms with Crippen molar-refractivity contribution in [2.45, 2.75) is 20.4 Å². The number of aryl methyl sites for hydroxylation is 2. The van der Waals surface area contributed by atoms with Gasteiger partial charge in [-0.05, 0) is 43.2 Å². The van der Waals surface area contributed by atoms with Crippen molar-refractivity contribution in [1.82, 2.24) is 4.98 Å². The molecule has 1 amide bonds. The van der Waals surface area contributed by atoms with E-state index >= 15 is 0 Å². The maximum Gasteiger partial charge on any atom is 0.298 e. The van der Waals surface area contributed by atoms with Crippen LogP contribution in [0.2, 0.25) is 0 Å². The standard InChI is InChI=1S/C19H18N2O4S/c1-12-8-13(2)17-16(9-12)26-19(20-17)21(10-14-4-3-5-24-14)18(22)15-11-23-6-7-25-15/h3-5,8-9,11H,6-7,10H2,1-2H3. The number of rotatable bonds is 4.